The highest BCUT2D eigenvalue weighted by atomic mass is 16.1. The van der Waals surface area contributed by atoms with Gasteiger partial charge >= 0.3 is 0 Å². The third-order valence-corrected chi connectivity index (χ3v) is 3.16. The Kier molecular flexibility index (Phi) is 5.98. The number of rotatable bonds is 7. The molecule has 6 heteroatoms. The van der Waals surface area contributed by atoms with Crippen LogP contribution in [0.2, 0.25) is 0 Å². The van der Waals surface area contributed by atoms with Crippen LogP contribution in [-0.2, 0) is 6.54 Å². The van der Waals surface area contributed by atoms with Gasteiger partial charge in [0, 0.05) is 31.9 Å². The highest BCUT2D eigenvalue weighted by Crippen LogP contribution is 2.06. The number of likely N-dealkylation sites (N-methyl/N-ethyl adjacent to an activating group) is 1. The number of nitrogens with zero attached hydrogens (tertiary/aromatic N) is 3. The molecule has 1 aromatic rings. The topological polar surface area (TPSA) is 76.2 Å². The largest absolute Gasteiger partial charge is 0.349 e. The van der Waals surface area contributed by atoms with Gasteiger partial charge in [-0.25, -0.2) is 4.98 Å². The molecule has 0 spiro atoms. The molecule has 0 fully saturated rings. The zero-order valence-electron chi connectivity index (χ0n) is 12.3. The van der Waals surface area contributed by atoms with Crippen molar-refractivity contribution in [1.82, 2.24) is 19.8 Å². The van der Waals surface area contributed by atoms with E-state index in [-0.39, 0.29) is 5.91 Å². The summed E-state index contributed by atoms with van der Waals surface area (Å²) in [5.74, 6) is 0.341. The van der Waals surface area contributed by atoms with Gasteiger partial charge in [-0.15, -0.1) is 0 Å². The van der Waals surface area contributed by atoms with E-state index in [1.807, 2.05) is 18.7 Å². The molecule has 0 aliphatic carbocycles. The lowest BCUT2D eigenvalue weighted by Crippen LogP contribution is -2.43. The van der Waals surface area contributed by atoms with E-state index in [9.17, 15) is 4.79 Å². The fraction of sp³-hybridized carbons (Fsp3) is 0.692. The fourth-order valence-corrected chi connectivity index (χ4v) is 2.05. The van der Waals surface area contributed by atoms with Gasteiger partial charge in [-0.3, -0.25) is 4.79 Å². The summed E-state index contributed by atoms with van der Waals surface area (Å²) in [7, 11) is 4.04. The van der Waals surface area contributed by atoms with Gasteiger partial charge in [0.05, 0.1) is 6.33 Å². The van der Waals surface area contributed by atoms with Crippen LogP contribution < -0.4 is 11.1 Å². The molecule has 3 N–H and O–H groups in total. The van der Waals surface area contributed by atoms with Crippen molar-refractivity contribution in [3.05, 3.63) is 18.2 Å². The molecule has 1 heterocycles. The van der Waals surface area contributed by atoms with Gasteiger partial charge in [-0.2, -0.15) is 0 Å². The molecule has 1 unspecified atom stereocenters. The lowest BCUT2D eigenvalue weighted by atomic mass is 10.0. The van der Waals surface area contributed by atoms with Crippen LogP contribution >= 0.6 is 0 Å². The van der Waals surface area contributed by atoms with E-state index in [0.717, 1.165) is 0 Å². The average Bonchev–Trinajstić information content (AvgIpc) is 2.77. The number of hydrogen-bond acceptors (Lipinski definition) is 4. The standard InChI is InChI=1S/C13H25N5O/c1-10(2)12(17(3)4)7-15-13(19)11-8-18(6-5-14)9-16-11/h8-10,12H,5-7,14H2,1-4H3,(H,15,19). The summed E-state index contributed by atoms with van der Waals surface area (Å²) >= 11 is 0. The van der Waals surface area contributed by atoms with Gasteiger partial charge in [-0.1, -0.05) is 13.8 Å². The molecule has 0 saturated carbocycles. The Labute approximate surface area is 115 Å². The van der Waals surface area contributed by atoms with Crippen molar-refractivity contribution in [2.45, 2.75) is 26.4 Å². The molecule has 6 nitrogen and oxygen atoms in total. The summed E-state index contributed by atoms with van der Waals surface area (Å²) in [6.07, 6.45) is 3.36. The van der Waals surface area contributed by atoms with Crippen molar-refractivity contribution < 1.29 is 4.79 Å². The first-order valence-electron chi connectivity index (χ1n) is 6.62. The van der Waals surface area contributed by atoms with E-state index in [4.69, 9.17) is 5.73 Å². The molecule has 1 amide bonds. The minimum absolute atomic E-state index is 0.136. The molecule has 1 rings (SSSR count). The van der Waals surface area contributed by atoms with E-state index in [1.165, 1.54) is 0 Å². The highest BCUT2D eigenvalue weighted by Gasteiger charge is 2.17. The van der Waals surface area contributed by atoms with Crippen LogP contribution in [0, 0.1) is 5.92 Å². The van der Waals surface area contributed by atoms with E-state index in [0.29, 0.717) is 37.3 Å². The molecule has 19 heavy (non-hydrogen) atoms. The first-order chi connectivity index (χ1) is 8.95. The summed E-state index contributed by atoms with van der Waals surface area (Å²) in [6.45, 7) is 6.12. The van der Waals surface area contributed by atoms with Crippen molar-refractivity contribution in [3.8, 4) is 0 Å². The number of amides is 1. The van der Waals surface area contributed by atoms with Crippen molar-refractivity contribution in [2.24, 2.45) is 11.7 Å². The van der Waals surface area contributed by atoms with Gasteiger partial charge in [0.25, 0.3) is 5.91 Å². The highest BCUT2D eigenvalue weighted by molar-refractivity contribution is 5.92. The molecule has 0 radical (unpaired) electrons. The second kappa shape index (κ2) is 7.25. The first-order valence-corrected chi connectivity index (χ1v) is 6.62. The Morgan fingerprint density at radius 1 is 1.53 bits per heavy atom. The van der Waals surface area contributed by atoms with Gasteiger partial charge in [0.1, 0.15) is 5.69 Å². The molecule has 1 atom stereocenters. The van der Waals surface area contributed by atoms with Gasteiger partial charge in [0.2, 0.25) is 0 Å². The van der Waals surface area contributed by atoms with Crippen LogP contribution in [-0.4, -0.2) is 53.6 Å². The molecule has 0 aromatic carbocycles. The Hall–Kier alpha value is -1.40. The normalized spacial score (nSPS) is 13.0. The van der Waals surface area contributed by atoms with Crippen LogP contribution in [0.1, 0.15) is 24.3 Å². The van der Waals surface area contributed by atoms with Crippen molar-refractivity contribution >= 4 is 5.91 Å². The monoisotopic (exact) mass is 267 g/mol. The predicted molar refractivity (Wildman–Crippen MR) is 75.9 cm³/mol. The molecule has 108 valence electrons. The van der Waals surface area contributed by atoms with Crippen LogP contribution in [0.4, 0.5) is 0 Å². The summed E-state index contributed by atoms with van der Waals surface area (Å²) in [6, 6.07) is 0.315. The summed E-state index contributed by atoms with van der Waals surface area (Å²) in [5, 5.41) is 2.93. The third kappa shape index (κ3) is 4.65. The number of hydrogen-bond donors (Lipinski definition) is 2. The van der Waals surface area contributed by atoms with E-state index < -0.39 is 0 Å². The van der Waals surface area contributed by atoms with Gasteiger partial charge in [-0.05, 0) is 20.0 Å². The van der Waals surface area contributed by atoms with E-state index in [1.54, 1.807) is 12.5 Å². The Morgan fingerprint density at radius 2 is 2.21 bits per heavy atom. The number of imidazole rings is 1. The molecular formula is C13H25N5O. The summed E-state index contributed by atoms with van der Waals surface area (Å²) in [4.78, 5) is 18.2. The molecule has 0 aliphatic rings. The number of nitrogens with two attached hydrogens (primary N) is 1. The maximum absolute atomic E-state index is 12.0. The molecule has 0 bridgehead atoms. The quantitative estimate of drug-likeness (QED) is 0.738. The number of aromatic nitrogens is 2. The number of nitrogens with one attached hydrogen (secondary N) is 1. The average molecular weight is 267 g/mol. The number of carbonyl (C=O) groups excluding carboxylic acids is 1. The maximum atomic E-state index is 12.0. The minimum Gasteiger partial charge on any atom is -0.349 e. The number of carbonyl (C=O) groups is 1. The summed E-state index contributed by atoms with van der Waals surface area (Å²) in [5.41, 5.74) is 5.90. The second-order valence-electron chi connectivity index (χ2n) is 5.27. The molecule has 1 aromatic heterocycles. The lowest BCUT2D eigenvalue weighted by Gasteiger charge is -2.27. The van der Waals surface area contributed by atoms with Gasteiger partial charge in [0.15, 0.2) is 0 Å². The SMILES string of the molecule is CC(C)C(CNC(=O)c1cn(CCN)cn1)N(C)C. The van der Waals surface area contributed by atoms with E-state index in [2.05, 4.69) is 29.0 Å². The summed E-state index contributed by atoms with van der Waals surface area (Å²) < 4.78 is 1.82. The van der Waals surface area contributed by atoms with Crippen molar-refractivity contribution in [1.29, 1.82) is 0 Å². The Morgan fingerprint density at radius 3 is 2.74 bits per heavy atom. The van der Waals surface area contributed by atoms with Crippen LogP contribution in [0.25, 0.3) is 0 Å². The van der Waals surface area contributed by atoms with Crippen molar-refractivity contribution in [2.75, 3.05) is 27.2 Å². The van der Waals surface area contributed by atoms with Gasteiger partial charge < -0.3 is 20.5 Å². The fourth-order valence-electron chi connectivity index (χ4n) is 2.05. The lowest BCUT2D eigenvalue weighted by molar-refractivity contribution is 0.0930. The van der Waals surface area contributed by atoms with Crippen LogP contribution in [0.15, 0.2) is 12.5 Å². The van der Waals surface area contributed by atoms with E-state index >= 15 is 0 Å². The second-order valence-corrected chi connectivity index (χ2v) is 5.27. The molecule has 0 saturated heterocycles. The molecular weight excluding hydrogens is 242 g/mol. The first kappa shape index (κ1) is 15.7. The minimum atomic E-state index is -0.136. The predicted octanol–water partition coefficient (Wildman–Crippen LogP) is 0.158. The molecule has 0 aliphatic heterocycles. The smallest absolute Gasteiger partial charge is 0.271 e. The third-order valence-electron chi connectivity index (χ3n) is 3.16. The Bertz CT molecular complexity index is 391. The Balaban J connectivity index is 2.54. The van der Waals surface area contributed by atoms with Crippen LogP contribution in [0.3, 0.4) is 0 Å². The zero-order chi connectivity index (χ0) is 14.4. The maximum Gasteiger partial charge on any atom is 0.271 e. The zero-order valence-corrected chi connectivity index (χ0v) is 12.3. The van der Waals surface area contributed by atoms with Crippen LogP contribution in [0.5, 0.6) is 0 Å². The van der Waals surface area contributed by atoms with Crippen molar-refractivity contribution in [3.63, 3.8) is 0 Å².